The van der Waals surface area contributed by atoms with Crippen LogP contribution in [0.4, 0.5) is 13.2 Å². The third kappa shape index (κ3) is 5.98. The predicted octanol–water partition coefficient (Wildman–Crippen LogP) is 4.14. The lowest BCUT2D eigenvalue weighted by Gasteiger charge is -2.21. The van der Waals surface area contributed by atoms with Gasteiger partial charge in [0.1, 0.15) is 24.4 Å². The van der Waals surface area contributed by atoms with Crippen molar-refractivity contribution in [2.24, 2.45) is 7.05 Å². The van der Waals surface area contributed by atoms with Gasteiger partial charge in [0.05, 0.1) is 6.04 Å². The van der Waals surface area contributed by atoms with Crippen molar-refractivity contribution in [1.29, 1.82) is 0 Å². The molecule has 2 unspecified atom stereocenters. The first-order valence-corrected chi connectivity index (χ1v) is 9.56. The molecule has 0 saturated carbocycles. The van der Waals surface area contributed by atoms with Gasteiger partial charge in [0.15, 0.2) is 17.4 Å². The number of rotatable bonds is 8. The van der Waals surface area contributed by atoms with Crippen LogP contribution in [0.1, 0.15) is 17.4 Å². The van der Waals surface area contributed by atoms with Crippen molar-refractivity contribution in [2.45, 2.75) is 12.1 Å². The standard InChI is InChI=1S/C20H19BrF3N3O2.ClH/c1-27-6-5-25-20(27)18(12-3-2-4-14(22)7-12)26-10-15(28)11-29-19-16(23)8-13(21)9-17(19)24;/h2-9,15,18,26,28H,10-11H2,1H3;1H. The topological polar surface area (TPSA) is 59.3 Å². The molecule has 1 heterocycles. The molecule has 0 radical (unpaired) electrons. The van der Waals surface area contributed by atoms with Crippen molar-refractivity contribution in [2.75, 3.05) is 13.2 Å². The fraction of sp³-hybridized carbons (Fsp3) is 0.250. The van der Waals surface area contributed by atoms with Crippen molar-refractivity contribution >= 4 is 28.3 Å². The summed E-state index contributed by atoms with van der Waals surface area (Å²) in [5, 5.41) is 13.3. The smallest absolute Gasteiger partial charge is 0.190 e. The van der Waals surface area contributed by atoms with E-state index in [1.54, 1.807) is 36.1 Å². The summed E-state index contributed by atoms with van der Waals surface area (Å²) in [4.78, 5) is 4.29. The maximum absolute atomic E-state index is 13.8. The van der Waals surface area contributed by atoms with Gasteiger partial charge in [0, 0.05) is 30.5 Å². The number of aliphatic hydroxyl groups excluding tert-OH is 1. The first-order chi connectivity index (χ1) is 13.8. The van der Waals surface area contributed by atoms with Crippen molar-refractivity contribution < 1.29 is 23.0 Å². The lowest BCUT2D eigenvalue weighted by Crippen LogP contribution is -2.35. The first-order valence-electron chi connectivity index (χ1n) is 8.76. The Kier molecular flexibility index (Phi) is 8.72. The number of ether oxygens (including phenoxy) is 1. The van der Waals surface area contributed by atoms with Gasteiger partial charge >= 0.3 is 0 Å². The van der Waals surface area contributed by atoms with Crippen LogP contribution < -0.4 is 10.1 Å². The Balaban J connectivity index is 0.00000320. The molecule has 3 aromatic rings. The van der Waals surface area contributed by atoms with Gasteiger partial charge in [-0.05, 0) is 29.8 Å². The second-order valence-electron chi connectivity index (χ2n) is 6.46. The number of halogens is 5. The number of nitrogens with zero attached hydrogens (tertiary/aromatic N) is 2. The molecule has 0 aliphatic carbocycles. The Morgan fingerprint density at radius 3 is 2.50 bits per heavy atom. The molecule has 5 nitrogen and oxygen atoms in total. The third-order valence-electron chi connectivity index (χ3n) is 4.24. The zero-order valence-corrected chi connectivity index (χ0v) is 18.3. The van der Waals surface area contributed by atoms with Crippen LogP contribution in [0.25, 0.3) is 0 Å². The summed E-state index contributed by atoms with van der Waals surface area (Å²) < 4.78 is 48.5. The first kappa shape index (κ1) is 24.2. The van der Waals surface area contributed by atoms with E-state index in [1.807, 2.05) is 0 Å². The Bertz CT molecular complexity index is 966. The molecule has 30 heavy (non-hydrogen) atoms. The normalized spacial score (nSPS) is 12.9. The molecule has 2 N–H and O–H groups in total. The van der Waals surface area contributed by atoms with Gasteiger partial charge < -0.3 is 19.7 Å². The van der Waals surface area contributed by atoms with Gasteiger partial charge in [0.25, 0.3) is 0 Å². The molecule has 162 valence electrons. The maximum atomic E-state index is 13.8. The van der Waals surface area contributed by atoms with E-state index >= 15 is 0 Å². The summed E-state index contributed by atoms with van der Waals surface area (Å²) >= 11 is 2.99. The molecular formula is C20H20BrClF3N3O2. The van der Waals surface area contributed by atoms with Crippen LogP contribution in [0.3, 0.4) is 0 Å². The number of benzene rings is 2. The number of aromatic nitrogens is 2. The highest BCUT2D eigenvalue weighted by atomic mass is 79.9. The number of hydrogen-bond donors (Lipinski definition) is 2. The highest BCUT2D eigenvalue weighted by Crippen LogP contribution is 2.26. The number of imidazole rings is 1. The SMILES string of the molecule is Cl.Cn1ccnc1C(NCC(O)COc1c(F)cc(Br)cc1F)c1cccc(F)c1. The third-order valence-corrected chi connectivity index (χ3v) is 4.70. The summed E-state index contributed by atoms with van der Waals surface area (Å²) in [5.41, 5.74) is 0.623. The van der Waals surface area contributed by atoms with Crippen LogP contribution in [-0.4, -0.2) is 33.9 Å². The van der Waals surface area contributed by atoms with Gasteiger partial charge in [-0.1, -0.05) is 28.1 Å². The molecule has 0 bridgehead atoms. The van der Waals surface area contributed by atoms with Gasteiger partial charge in [0.2, 0.25) is 0 Å². The molecule has 0 aliphatic rings. The minimum Gasteiger partial charge on any atom is -0.485 e. The highest BCUT2D eigenvalue weighted by molar-refractivity contribution is 9.10. The summed E-state index contributed by atoms with van der Waals surface area (Å²) in [6, 6.07) is 7.69. The van der Waals surface area contributed by atoms with E-state index in [0.29, 0.717) is 11.4 Å². The van der Waals surface area contributed by atoms with Gasteiger partial charge in [-0.25, -0.2) is 18.2 Å². The van der Waals surface area contributed by atoms with Crippen molar-refractivity contribution in [1.82, 2.24) is 14.9 Å². The molecular weight excluding hydrogens is 487 g/mol. The maximum Gasteiger partial charge on any atom is 0.190 e. The molecule has 2 atom stereocenters. The van der Waals surface area contributed by atoms with Crippen LogP contribution >= 0.6 is 28.3 Å². The Hall–Kier alpha value is -2.07. The lowest BCUT2D eigenvalue weighted by atomic mass is 10.1. The molecule has 0 saturated heterocycles. The number of nitrogens with one attached hydrogen (secondary N) is 1. The molecule has 0 amide bonds. The molecule has 0 fully saturated rings. The number of aryl methyl sites for hydroxylation is 1. The number of aliphatic hydroxyl groups is 1. The van der Waals surface area contributed by atoms with Crippen molar-refractivity contribution in [3.05, 3.63) is 82.1 Å². The molecule has 0 aliphatic heterocycles. The zero-order chi connectivity index (χ0) is 21.0. The van der Waals surface area contributed by atoms with E-state index in [-0.39, 0.29) is 30.0 Å². The fourth-order valence-corrected chi connectivity index (χ4v) is 3.26. The van der Waals surface area contributed by atoms with Crippen LogP contribution in [0.2, 0.25) is 0 Å². The minimum atomic E-state index is -1.08. The largest absolute Gasteiger partial charge is 0.485 e. The van der Waals surface area contributed by atoms with Gasteiger partial charge in [-0.15, -0.1) is 12.4 Å². The molecule has 10 heteroatoms. The Labute approximate surface area is 186 Å². The van der Waals surface area contributed by atoms with Gasteiger partial charge in [-0.3, -0.25) is 0 Å². The Morgan fingerprint density at radius 2 is 1.90 bits per heavy atom. The lowest BCUT2D eigenvalue weighted by molar-refractivity contribution is 0.0996. The summed E-state index contributed by atoms with van der Waals surface area (Å²) in [6.45, 7) is -0.313. The second kappa shape index (κ2) is 10.8. The molecule has 0 spiro atoms. The van der Waals surface area contributed by atoms with Crippen molar-refractivity contribution in [3.8, 4) is 5.75 Å². The monoisotopic (exact) mass is 505 g/mol. The quantitative estimate of drug-likeness (QED) is 0.482. The summed E-state index contributed by atoms with van der Waals surface area (Å²) in [6.07, 6.45) is 2.29. The molecule has 1 aromatic heterocycles. The molecule has 2 aromatic carbocycles. The van der Waals surface area contributed by atoms with E-state index < -0.39 is 35.3 Å². The predicted molar refractivity (Wildman–Crippen MR) is 112 cm³/mol. The Morgan fingerprint density at radius 1 is 1.20 bits per heavy atom. The zero-order valence-electron chi connectivity index (χ0n) is 15.9. The van der Waals surface area contributed by atoms with Crippen LogP contribution in [-0.2, 0) is 7.05 Å². The second-order valence-corrected chi connectivity index (χ2v) is 7.37. The molecule has 3 rings (SSSR count). The van der Waals surface area contributed by atoms with E-state index in [2.05, 4.69) is 26.2 Å². The minimum absolute atomic E-state index is 0. The average molecular weight is 507 g/mol. The van der Waals surface area contributed by atoms with Crippen LogP contribution in [0.15, 0.2) is 53.3 Å². The van der Waals surface area contributed by atoms with Gasteiger partial charge in [-0.2, -0.15) is 0 Å². The van der Waals surface area contributed by atoms with E-state index in [1.165, 1.54) is 12.1 Å². The van der Waals surface area contributed by atoms with E-state index in [9.17, 15) is 18.3 Å². The van der Waals surface area contributed by atoms with E-state index in [4.69, 9.17) is 4.74 Å². The highest BCUT2D eigenvalue weighted by Gasteiger charge is 2.21. The van der Waals surface area contributed by atoms with Crippen LogP contribution in [0, 0.1) is 17.5 Å². The average Bonchev–Trinajstić information content (AvgIpc) is 3.07. The van der Waals surface area contributed by atoms with Crippen LogP contribution in [0.5, 0.6) is 5.75 Å². The number of hydrogen-bond acceptors (Lipinski definition) is 4. The van der Waals surface area contributed by atoms with Crippen molar-refractivity contribution in [3.63, 3.8) is 0 Å². The van der Waals surface area contributed by atoms with E-state index in [0.717, 1.165) is 12.1 Å². The fourth-order valence-electron chi connectivity index (χ4n) is 2.86. The summed E-state index contributed by atoms with van der Waals surface area (Å²) in [5.74, 6) is -2.08. The summed E-state index contributed by atoms with van der Waals surface area (Å²) in [7, 11) is 1.80.